The molecule has 30 heavy (non-hydrogen) atoms. The molecule has 5 rings (SSSR count). The van der Waals surface area contributed by atoms with Crippen LogP contribution in [0.4, 0.5) is 0 Å². The molecule has 0 fully saturated rings. The minimum atomic E-state index is 0.589. The Bertz CT molecular complexity index is 1180. The van der Waals surface area contributed by atoms with E-state index in [4.69, 9.17) is 26.5 Å². The van der Waals surface area contributed by atoms with Gasteiger partial charge in [0.25, 0.3) is 0 Å². The number of hydrogen-bond acceptors (Lipinski definition) is 5. The minimum absolute atomic E-state index is 0.589. The summed E-state index contributed by atoms with van der Waals surface area (Å²) in [5.41, 5.74) is 2.34. The van der Waals surface area contributed by atoms with Gasteiger partial charge in [0.2, 0.25) is 0 Å². The van der Waals surface area contributed by atoms with Crippen molar-refractivity contribution in [1.29, 1.82) is 0 Å². The molecule has 0 amide bonds. The quantitative estimate of drug-likeness (QED) is 0.444. The maximum Gasteiger partial charge on any atom is 0.199 e. The number of fused-ring (bicyclic) bond motifs is 1. The lowest BCUT2D eigenvalue weighted by Gasteiger charge is -2.18. The Balaban J connectivity index is 1.47. The second kappa shape index (κ2) is 8.30. The van der Waals surface area contributed by atoms with Gasteiger partial charge in [-0.2, -0.15) is 0 Å². The number of aromatic nitrogens is 3. The molecule has 0 bridgehead atoms. The van der Waals surface area contributed by atoms with E-state index in [1.807, 2.05) is 57.8 Å². The van der Waals surface area contributed by atoms with Crippen molar-refractivity contribution in [2.24, 2.45) is 0 Å². The summed E-state index contributed by atoms with van der Waals surface area (Å²) >= 11 is 5.83. The second-order valence-corrected chi connectivity index (χ2v) is 7.67. The lowest BCUT2D eigenvalue weighted by molar-refractivity contribution is 0.177. The van der Waals surface area contributed by atoms with Gasteiger partial charge in [0, 0.05) is 18.7 Å². The van der Waals surface area contributed by atoms with Crippen LogP contribution in [-0.4, -0.2) is 32.4 Å². The number of hydrogen-bond donors (Lipinski definition) is 0. The Hall–Kier alpha value is -3.16. The molecule has 152 valence electrons. The molecular formula is C23H22N4O2S. The van der Waals surface area contributed by atoms with Crippen LogP contribution in [0.2, 0.25) is 0 Å². The Morgan fingerprint density at radius 1 is 0.967 bits per heavy atom. The topological polar surface area (TPSA) is 48.4 Å². The number of benzene rings is 2. The molecule has 0 atom stereocenters. The third kappa shape index (κ3) is 3.81. The Morgan fingerprint density at radius 2 is 1.80 bits per heavy atom. The summed E-state index contributed by atoms with van der Waals surface area (Å²) < 4.78 is 16.1. The van der Waals surface area contributed by atoms with E-state index in [-0.39, 0.29) is 0 Å². The molecule has 2 aromatic heterocycles. The summed E-state index contributed by atoms with van der Waals surface area (Å²) in [4.78, 5) is 2.30. The zero-order chi connectivity index (χ0) is 20.3. The van der Waals surface area contributed by atoms with Crippen molar-refractivity contribution in [1.82, 2.24) is 19.2 Å². The number of nitrogens with zero attached hydrogens (tertiary/aromatic N) is 4. The fourth-order valence-corrected chi connectivity index (χ4v) is 3.97. The SMILES string of the molecule is S=c1n(CN2CCOc3ccccc3C2)nc(-c2ccco2)n1Cc1ccccc1. The monoisotopic (exact) mass is 418 g/mol. The highest BCUT2D eigenvalue weighted by atomic mass is 32.1. The molecule has 0 saturated carbocycles. The number of furan rings is 1. The standard InChI is InChI=1S/C23H22N4O2S/c30-23-26(15-18-7-2-1-3-8-18)22(21-11-6-13-28-21)24-27(23)17-25-12-14-29-20-10-5-4-9-19(20)16-25/h1-11,13H,12,14-17H2. The van der Waals surface area contributed by atoms with Gasteiger partial charge in [0.1, 0.15) is 12.4 Å². The first-order chi connectivity index (χ1) is 14.8. The molecule has 1 aliphatic heterocycles. The highest BCUT2D eigenvalue weighted by Crippen LogP contribution is 2.24. The first-order valence-corrected chi connectivity index (χ1v) is 10.4. The zero-order valence-corrected chi connectivity index (χ0v) is 17.3. The third-order valence-electron chi connectivity index (χ3n) is 5.21. The van der Waals surface area contributed by atoms with Crippen molar-refractivity contribution in [3.05, 3.63) is 88.9 Å². The number of rotatable bonds is 5. The van der Waals surface area contributed by atoms with E-state index in [0.717, 1.165) is 30.2 Å². The molecule has 0 unspecified atom stereocenters. The smallest absolute Gasteiger partial charge is 0.199 e. The van der Waals surface area contributed by atoms with Crippen LogP contribution in [-0.2, 0) is 19.8 Å². The van der Waals surface area contributed by atoms with Crippen LogP contribution in [0.1, 0.15) is 11.1 Å². The molecule has 4 aromatic rings. The molecule has 1 aliphatic rings. The van der Waals surface area contributed by atoms with Gasteiger partial charge in [0.15, 0.2) is 16.4 Å². The van der Waals surface area contributed by atoms with Crippen molar-refractivity contribution >= 4 is 12.2 Å². The average Bonchev–Trinajstić information content (AvgIpc) is 3.34. The highest BCUT2D eigenvalue weighted by molar-refractivity contribution is 7.71. The summed E-state index contributed by atoms with van der Waals surface area (Å²) in [6, 6.07) is 22.2. The summed E-state index contributed by atoms with van der Waals surface area (Å²) in [5, 5.41) is 4.83. The number of ether oxygens (including phenoxy) is 1. The molecule has 7 heteroatoms. The normalized spacial score (nSPS) is 14.1. The molecular weight excluding hydrogens is 396 g/mol. The summed E-state index contributed by atoms with van der Waals surface area (Å²) in [6.45, 7) is 3.46. The van der Waals surface area contributed by atoms with Crippen molar-refractivity contribution < 1.29 is 9.15 Å². The van der Waals surface area contributed by atoms with Crippen LogP contribution in [0.3, 0.4) is 0 Å². The summed E-state index contributed by atoms with van der Waals surface area (Å²) in [5.74, 6) is 2.40. The fraction of sp³-hybridized carbons (Fsp3) is 0.217. The molecule has 0 aliphatic carbocycles. The second-order valence-electron chi connectivity index (χ2n) is 7.30. The predicted molar refractivity (Wildman–Crippen MR) is 117 cm³/mol. The van der Waals surface area contributed by atoms with Crippen LogP contribution >= 0.6 is 12.2 Å². The van der Waals surface area contributed by atoms with Crippen LogP contribution in [0.25, 0.3) is 11.6 Å². The molecule has 2 aromatic carbocycles. The summed E-state index contributed by atoms with van der Waals surface area (Å²) in [6.07, 6.45) is 1.66. The first-order valence-electron chi connectivity index (χ1n) is 9.96. The van der Waals surface area contributed by atoms with Gasteiger partial charge in [-0.3, -0.25) is 9.47 Å². The van der Waals surface area contributed by atoms with Gasteiger partial charge in [-0.15, -0.1) is 5.10 Å². The van der Waals surface area contributed by atoms with Gasteiger partial charge < -0.3 is 9.15 Å². The number of para-hydroxylation sites is 1. The molecule has 6 nitrogen and oxygen atoms in total. The fourth-order valence-electron chi connectivity index (χ4n) is 3.72. The van der Waals surface area contributed by atoms with Crippen molar-refractivity contribution in [3.63, 3.8) is 0 Å². The summed E-state index contributed by atoms with van der Waals surface area (Å²) in [7, 11) is 0. The van der Waals surface area contributed by atoms with E-state index in [1.54, 1.807) is 6.26 Å². The zero-order valence-electron chi connectivity index (χ0n) is 16.5. The third-order valence-corrected chi connectivity index (χ3v) is 5.64. The van der Waals surface area contributed by atoms with Crippen molar-refractivity contribution in [2.45, 2.75) is 19.8 Å². The lowest BCUT2D eigenvalue weighted by atomic mass is 10.2. The Labute approximate surface area is 179 Å². The van der Waals surface area contributed by atoms with Crippen molar-refractivity contribution in [3.8, 4) is 17.3 Å². The van der Waals surface area contributed by atoms with Crippen LogP contribution in [0.5, 0.6) is 5.75 Å². The minimum Gasteiger partial charge on any atom is -0.492 e. The highest BCUT2D eigenvalue weighted by Gasteiger charge is 2.19. The van der Waals surface area contributed by atoms with Crippen LogP contribution in [0, 0.1) is 4.77 Å². The van der Waals surface area contributed by atoms with E-state index < -0.39 is 0 Å². The van der Waals surface area contributed by atoms with E-state index >= 15 is 0 Å². The Morgan fingerprint density at radius 3 is 2.63 bits per heavy atom. The van der Waals surface area contributed by atoms with Gasteiger partial charge >= 0.3 is 0 Å². The largest absolute Gasteiger partial charge is 0.492 e. The van der Waals surface area contributed by atoms with Gasteiger partial charge in [-0.25, -0.2) is 4.68 Å². The van der Waals surface area contributed by atoms with Crippen LogP contribution in [0.15, 0.2) is 77.4 Å². The lowest BCUT2D eigenvalue weighted by Crippen LogP contribution is -2.29. The molecule has 0 N–H and O–H groups in total. The molecule has 3 heterocycles. The van der Waals surface area contributed by atoms with Crippen molar-refractivity contribution in [2.75, 3.05) is 13.2 Å². The van der Waals surface area contributed by atoms with E-state index in [9.17, 15) is 0 Å². The van der Waals surface area contributed by atoms with Crippen LogP contribution < -0.4 is 4.74 Å². The average molecular weight is 419 g/mol. The van der Waals surface area contributed by atoms with Gasteiger partial charge in [0.05, 0.1) is 19.5 Å². The van der Waals surface area contributed by atoms with E-state index in [0.29, 0.717) is 30.4 Å². The molecule has 0 spiro atoms. The maximum atomic E-state index is 5.90. The first kappa shape index (κ1) is 18.8. The predicted octanol–water partition coefficient (Wildman–Crippen LogP) is 4.57. The van der Waals surface area contributed by atoms with E-state index in [2.05, 4.69) is 23.1 Å². The van der Waals surface area contributed by atoms with E-state index in [1.165, 1.54) is 5.56 Å². The van der Waals surface area contributed by atoms with Gasteiger partial charge in [-0.05, 0) is 36.0 Å². The maximum absolute atomic E-state index is 5.90. The molecule has 0 radical (unpaired) electrons. The Kier molecular flexibility index (Phi) is 5.21. The van der Waals surface area contributed by atoms with Gasteiger partial charge in [-0.1, -0.05) is 48.5 Å². The molecule has 0 saturated heterocycles.